The number of carbonyl (C=O) groups excluding carboxylic acids is 1. The van der Waals surface area contributed by atoms with Gasteiger partial charge in [0.2, 0.25) is 0 Å². The maximum absolute atomic E-state index is 13.1. The number of methoxy groups -OCH3 is 1. The zero-order valence-corrected chi connectivity index (χ0v) is 16.4. The maximum atomic E-state index is 13.1. The fourth-order valence-electron chi connectivity index (χ4n) is 2.77. The molecule has 0 heterocycles. The van der Waals surface area contributed by atoms with Gasteiger partial charge in [-0.2, -0.15) is 0 Å². The Morgan fingerprint density at radius 2 is 1.63 bits per heavy atom. The van der Waals surface area contributed by atoms with Crippen LogP contribution in [0.25, 0.3) is 0 Å². The van der Waals surface area contributed by atoms with Crippen molar-refractivity contribution in [3.63, 3.8) is 0 Å². The number of benzene rings is 3. The van der Waals surface area contributed by atoms with Gasteiger partial charge in [-0.25, -0.2) is 4.39 Å². The van der Waals surface area contributed by atoms with Crippen molar-refractivity contribution in [1.82, 2.24) is 0 Å². The van der Waals surface area contributed by atoms with Crippen molar-refractivity contribution in [2.24, 2.45) is 0 Å². The second kappa shape index (κ2) is 8.82. The SMILES string of the molecule is COc1ccc(NC(CC(=O)c2ccc(F)cc2)c2ccc(Br)cc2)cc1. The van der Waals surface area contributed by atoms with E-state index in [2.05, 4.69) is 21.2 Å². The molecule has 0 fully saturated rings. The summed E-state index contributed by atoms with van der Waals surface area (Å²) >= 11 is 3.43. The van der Waals surface area contributed by atoms with Gasteiger partial charge in [0.25, 0.3) is 0 Å². The first-order chi connectivity index (χ1) is 13.0. The van der Waals surface area contributed by atoms with E-state index in [1.807, 2.05) is 48.5 Å². The summed E-state index contributed by atoms with van der Waals surface area (Å²) in [4.78, 5) is 12.7. The second-order valence-corrected chi connectivity index (χ2v) is 7.03. The van der Waals surface area contributed by atoms with E-state index < -0.39 is 0 Å². The molecule has 5 heteroatoms. The monoisotopic (exact) mass is 427 g/mol. The molecule has 3 aromatic rings. The van der Waals surface area contributed by atoms with Crippen LogP contribution in [0.4, 0.5) is 10.1 Å². The molecule has 0 amide bonds. The van der Waals surface area contributed by atoms with Crippen LogP contribution in [-0.2, 0) is 0 Å². The van der Waals surface area contributed by atoms with Crippen LogP contribution >= 0.6 is 15.9 Å². The Bertz CT molecular complexity index is 893. The van der Waals surface area contributed by atoms with Gasteiger partial charge in [0.05, 0.1) is 13.2 Å². The van der Waals surface area contributed by atoms with E-state index in [1.165, 1.54) is 24.3 Å². The average Bonchev–Trinajstić information content (AvgIpc) is 2.69. The third-order valence-electron chi connectivity index (χ3n) is 4.26. The first-order valence-corrected chi connectivity index (χ1v) is 9.29. The van der Waals surface area contributed by atoms with Crippen LogP contribution < -0.4 is 10.1 Å². The molecule has 0 aliphatic heterocycles. The number of anilines is 1. The topological polar surface area (TPSA) is 38.3 Å². The molecule has 3 rings (SSSR count). The molecule has 27 heavy (non-hydrogen) atoms. The summed E-state index contributed by atoms with van der Waals surface area (Å²) in [6.45, 7) is 0. The van der Waals surface area contributed by atoms with Crippen molar-refractivity contribution in [1.29, 1.82) is 0 Å². The molecule has 3 nitrogen and oxygen atoms in total. The van der Waals surface area contributed by atoms with Crippen LogP contribution in [0.3, 0.4) is 0 Å². The number of ether oxygens (including phenoxy) is 1. The maximum Gasteiger partial charge on any atom is 0.165 e. The van der Waals surface area contributed by atoms with Gasteiger partial charge in [-0.05, 0) is 66.2 Å². The number of halogens is 2. The van der Waals surface area contributed by atoms with Crippen LogP contribution in [0.1, 0.15) is 28.4 Å². The summed E-state index contributed by atoms with van der Waals surface area (Å²) in [6.07, 6.45) is 0.249. The van der Waals surface area contributed by atoms with Gasteiger partial charge in [0, 0.05) is 22.1 Å². The van der Waals surface area contributed by atoms with Crippen LogP contribution in [-0.4, -0.2) is 12.9 Å². The quantitative estimate of drug-likeness (QED) is 0.468. The highest BCUT2D eigenvalue weighted by Gasteiger charge is 2.17. The van der Waals surface area contributed by atoms with Gasteiger partial charge < -0.3 is 10.1 Å². The lowest BCUT2D eigenvalue weighted by atomic mass is 9.97. The van der Waals surface area contributed by atoms with Crippen LogP contribution in [0, 0.1) is 5.82 Å². The molecular formula is C22H19BrFNO2. The van der Waals surface area contributed by atoms with Gasteiger partial charge in [0.1, 0.15) is 11.6 Å². The Morgan fingerprint density at radius 1 is 1.00 bits per heavy atom. The molecule has 138 valence electrons. The highest BCUT2D eigenvalue weighted by Crippen LogP contribution is 2.27. The van der Waals surface area contributed by atoms with Gasteiger partial charge in [-0.15, -0.1) is 0 Å². The largest absolute Gasteiger partial charge is 0.497 e. The summed E-state index contributed by atoms with van der Waals surface area (Å²) in [5.41, 5.74) is 2.37. The minimum Gasteiger partial charge on any atom is -0.497 e. The molecular weight excluding hydrogens is 409 g/mol. The zero-order chi connectivity index (χ0) is 19.2. The van der Waals surface area contributed by atoms with Gasteiger partial charge in [-0.1, -0.05) is 28.1 Å². The van der Waals surface area contributed by atoms with E-state index in [9.17, 15) is 9.18 Å². The fraction of sp³-hybridized carbons (Fsp3) is 0.136. The molecule has 0 bridgehead atoms. The Hall–Kier alpha value is -2.66. The summed E-state index contributed by atoms with van der Waals surface area (Å²) < 4.78 is 19.3. The summed E-state index contributed by atoms with van der Waals surface area (Å²) in [7, 11) is 1.62. The summed E-state index contributed by atoms with van der Waals surface area (Å²) in [6, 6.07) is 20.8. The van der Waals surface area contributed by atoms with Crippen molar-refractivity contribution in [2.75, 3.05) is 12.4 Å². The Kier molecular flexibility index (Phi) is 6.24. The normalized spacial score (nSPS) is 11.7. The van der Waals surface area contributed by atoms with E-state index in [1.54, 1.807) is 7.11 Å². The van der Waals surface area contributed by atoms with Crippen molar-refractivity contribution in [3.05, 3.63) is 94.2 Å². The minimum atomic E-state index is -0.354. The molecule has 0 aliphatic rings. The van der Waals surface area contributed by atoms with E-state index in [0.29, 0.717) is 5.56 Å². The van der Waals surface area contributed by atoms with Gasteiger partial charge in [-0.3, -0.25) is 4.79 Å². The lowest BCUT2D eigenvalue weighted by Crippen LogP contribution is -2.16. The van der Waals surface area contributed by atoms with Crippen molar-refractivity contribution < 1.29 is 13.9 Å². The highest BCUT2D eigenvalue weighted by molar-refractivity contribution is 9.10. The fourth-order valence-corrected chi connectivity index (χ4v) is 3.04. The Morgan fingerprint density at radius 3 is 2.22 bits per heavy atom. The molecule has 0 saturated carbocycles. The second-order valence-electron chi connectivity index (χ2n) is 6.11. The van der Waals surface area contributed by atoms with Crippen LogP contribution in [0.2, 0.25) is 0 Å². The number of hydrogen-bond acceptors (Lipinski definition) is 3. The molecule has 0 aliphatic carbocycles. The van der Waals surface area contributed by atoms with Gasteiger partial charge >= 0.3 is 0 Å². The first kappa shape index (κ1) is 19.1. The molecule has 1 unspecified atom stereocenters. The number of nitrogens with one attached hydrogen (secondary N) is 1. The number of Topliss-reactive ketones (excluding diaryl/α,β-unsaturated/α-hetero) is 1. The van der Waals surface area contributed by atoms with E-state index >= 15 is 0 Å². The summed E-state index contributed by atoms with van der Waals surface area (Å²) in [5.74, 6) is 0.361. The third-order valence-corrected chi connectivity index (χ3v) is 4.79. The highest BCUT2D eigenvalue weighted by atomic mass is 79.9. The smallest absolute Gasteiger partial charge is 0.165 e. The molecule has 0 radical (unpaired) electrons. The van der Waals surface area contributed by atoms with Crippen molar-refractivity contribution >= 4 is 27.4 Å². The number of rotatable bonds is 7. The van der Waals surface area contributed by atoms with Gasteiger partial charge in [0.15, 0.2) is 5.78 Å². The molecule has 3 aromatic carbocycles. The van der Waals surface area contributed by atoms with E-state index in [4.69, 9.17) is 4.74 Å². The van der Waals surface area contributed by atoms with Crippen LogP contribution in [0.15, 0.2) is 77.3 Å². The van der Waals surface area contributed by atoms with E-state index in [-0.39, 0.29) is 24.1 Å². The lowest BCUT2D eigenvalue weighted by molar-refractivity contribution is 0.0976. The molecule has 1 N–H and O–H groups in total. The Balaban J connectivity index is 1.83. The van der Waals surface area contributed by atoms with Crippen molar-refractivity contribution in [2.45, 2.75) is 12.5 Å². The first-order valence-electron chi connectivity index (χ1n) is 8.50. The lowest BCUT2D eigenvalue weighted by Gasteiger charge is -2.20. The molecule has 1 atom stereocenters. The molecule has 0 aromatic heterocycles. The van der Waals surface area contributed by atoms with Crippen molar-refractivity contribution in [3.8, 4) is 5.75 Å². The van der Waals surface area contributed by atoms with Crippen LogP contribution in [0.5, 0.6) is 5.75 Å². The minimum absolute atomic E-state index is 0.0519. The Labute approximate surface area is 166 Å². The molecule has 0 spiro atoms. The van der Waals surface area contributed by atoms with E-state index in [0.717, 1.165) is 21.5 Å². The number of ketones is 1. The number of carbonyl (C=O) groups is 1. The zero-order valence-electron chi connectivity index (χ0n) is 14.8. The molecule has 0 saturated heterocycles. The average molecular weight is 428 g/mol. The standard InChI is InChI=1S/C22H19BrFNO2/c1-27-20-12-10-19(11-13-20)25-21(15-2-6-17(23)7-3-15)14-22(26)16-4-8-18(24)9-5-16/h2-13,21,25H,14H2,1H3. The third kappa shape index (κ3) is 5.17. The predicted molar refractivity (Wildman–Crippen MR) is 109 cm³/mol. The predicted octanol–water partition coefficient (Wildman–Crippen LogP) is 6.02. The number of hydrogen-bond donors (Lipinski definition) is 1. The summed E-state index contributed by atoms with van der Waals surface area (Å²) in [5, 5.41) is 3.41.